The van der Waals surface area contributed by atoms with Gasteiger partial charge in [-0.25, -0.2) is 0 Å². The van der Waals surface area contributed by atoms with Gasteiger partial charge in [0.25, 0.3) is 0 Å². The van der Waals surface area contributed by atoms with Crippen LogP contribution < -0.4 is 5.32 Å². The first-order valence-corrected chi connectivity index (χ1v) is 9.42. The average Bonchev–Trinajstić information content (AvgIpc) is 2.46. The molecule has 1 atom stereocenters. The van der Waals surface area contributed by atoms with Gasteiger partial charge < -0.3 is 5.32 Å². The molecule has 0 spiro atoms. The maximum Gasteiger partial charge on any atom is 0.00952 e. The van der Waals surface area contributed by atoms with Gasteiger partial charge in [0.2, 0.25) is 0 Å². The first-order valence-electron chi connectivity index (χ1n) is 9.42. The molecule has 1 saturated carbocycles. The van der Waals surface area contributed by atoms with Crippen LogP contribution in [0.3, 0.4) is 0 Å². The monoisotopic (exact) mass is 281 g/mol. The lowest BCUT2D eigenvalue weighted by atomic mass is 9.74. The molecular formula is C19H39N. The largest absolute Gasteiger partial charge is 0.314 e. The van der Waals surface area contributed by atoms with E-state index in [2.05, 4.69) is 33.0 Å². The summed E-state index contributed by atoms with van der Waals surface area (Å²) in [6.45, 7) is 10.5. The number of nitrogens with one attached hydrogen (secondary N) is 1. The smallest absolute Gasteiger partial charge is 0.00952 e. The molecule has 0 aromatic rings. The highest BCUT2D eigenvalue weighted by molar-refractivity contribution is 4.82. The molecule has 1 nitrogen and oxygen atoms in total. The van der Waals surface area contributed by atoms with E-state index in [1.165, 1.54) is 64.2 Å². The number of hydrogen-bond donors (Lipinski definition) is 1. The van der Waals surface area contributed by atoms with E-state index in [0.29, 0.717) is 0 Å². The zero-order chi connectivity index (χ0) is 14.8. The van der Waals surface area contributed by atoms with Crippen LogP contribution in [-0.2, 0) is 0 Å². The van der Waals surface area contributed by atoms with Crippen molar-refractivity contribution in [1.29, 1.82) is 0 Å². The highest BCUT2D eigenvalue weighted by atomic mass is 14.9. The Morgan fingerprint density at radius 3 is 2.00 bits per heavy atom. The van der Waals surface area contributed by atoms with E-state index in [9.17, 15) is 0 Å². The van der Waals surface area contributed by atoms with Crippen molar-refractivity contribution in [2.75, 3.05) is 6.54 Å². The quantitative estimate of drug-likeness (QED) is 0.500. The van der Waals surface area contributed by atoms with Crippen molar-refractivity contribution >= 4 is 0 Å². The van der Waals surface area contributed by atoms with Gasteiger partial charge in [0.15, 0.2) is 0 Å². The maximum atomic E-state index is 3.79. The summed E-state index contributed by atoms with van der Waals surface area (Å²) in [5, 5.41) is 3.79. The Labute approximate surface area is 128 Å². The normalized spacial score (nSPS) is 25.1. The summed E-state index contributed by atoms with van der Waals surface area (Å²) in [4.78, 5) is 0. The Hall–Kier alpha value is -0.0400. The van der Waals surface area contributed by atoms with Crippen molar-refractivity contribution in [1.82, 2.24) is 5.32 Å². The van der Waals surface area contributed by atoms with Crippen molar-refractivity contribution in [2.24, 2.45) is 17.8 Å². The van der Waals surface area contributed by atoms with Gasteiger partial charge >= 0.3 is 0 Å². The Balaban J connectivity index is 2.27. The van der Waals surface area contributed by atoms with E-state index in [1.807, 2.05) is 0 Å². The van der Waals surface area contributed by atoms with E-state index in [4.69, 9.17) is 0 Å². The van der Waals surface area contributed by atoms with Crippen LogP contribution >= 0.6 is 0 Å². The molecule has 0 aliphatic heterocycles. The minimum Gasteiger partial charge on any atom is -0.314 e. The van der Waals surface area contributed by atoms with E-state index < -0.39 is 0 Å². The van der Waals surface area contributed by atoms with Crippen molar-refractivity contribution < 1.29 is 0 Å². The first-order chi connectivity index (χ1) is 9.69. The molecule has 1 aliphatic rings. The van der Waals surface area contributed by atoms with Crippen LogP contribution in [-0.4, -0.2) is 12.6 Å². The fourth-order valence-corrected chi connectivity index (χ4v) is 3.95. The SMILES string of the molecule is CCCCCCCC(NCC)C1CCC(C(C)C)CC1. The van der Waals surface area contributed by atoms with Crippen LogP contribution in [0.15, 0.2) is 0 Å². The second kappa shape index (κ2) is 10.7. The van der Waals surface area contributed by atoms with E-state index in [0.717, 1.165) is 30.3 Å². The summed E-state index contributed by atoms with van der Waals surface area (Å²) >= 11 is 0. The van der Waals surface area contributed by atoms with Crippen LogP contribution in [0.1, 0.15) is 91.9 Å². The van der Waals surface area contributed by atoms with Gasteiger partial charge in [0, 0.05) is 6.04 Å². The predicted octanol–water partition coefficient (Wildman–Crippen LogP) is 5.79. The molecule has 1 heteroatoms. The summed E-state index contributed by atoms with van der Waals surface area (Å²) in [5.74, 6) is 2.84. The molecule has 0 heterocycles. The van der Waals surface area contributed by atoms with Gasteiger partial charge in [-0.2, -0.15) is 0 Å². The summed E-state index contributed by atoms with van der Waals surface area (Å²) < 4.78 is 0. The van der Waals surface area contributed by atoms with E-state index >= 15 is 0 Å². The standard InChI is InChI=1S/C19H39N/c1-5-7-8-9-10-11-19(20-6-2)18-14-12-17(13-15-18)16(3)4/h16-20H,5-15H2,1-4H3. The molecule has 0 aromatic carbocycles. The molecule has 1 rings (SSSR count). The van der Waals surface area contributed by atoms with E-state index in [-0.39, 0.29) is 0 Å². The van der Waals surface area contributed by atoms with Crippen LogP contribution in [0.25, 0.3) is 0 Å². The fourth-order valence-electron chi connectivity index (χ4n) is 3.95. The zero-order valence-electron chi connectivity index (χ0n) is 14.6. The van der Waals surface area contributed by atoms with Crippen LogP contribution in [0.4, 0.5) is 0 Å². The maximum absolute atomic E-state index is 3.79. The average molecular weight is 282 g/mol. The van der Waals surface area contributed by atoms with Gasteiger partial charge in [-0.3, -0.25) is 0 Å². The minimum absolute atomic E-state index is 0.801. The predicted molar refractivity (Wildman–Crippen MR) is 91.1 cm³/mol. The third-order valence-electron chi connectivity index (χ3n) is 5.41. The van der Waals surface area contributed by atoms with Crippen molar-refractivity contribution in [3.63, 3.8) is 0 Å². The Kier molecular flexibility index (Phi) is 9.59. The number of rotatable bonds is 10. The molecule has 1 N–H and O–H groups in total. The van der Waals surface area contributed by atoms with Crippen LogP contribution in [0.2, 0.25) is 0 Å². The molecule has 1 fully saturated rings. The summed E-state index contributed by atoms with van der Waals surface area (Å²) in [6.07, 6.45) is 14.4. The van der Waals surface area contributed by atoms with Gasteiger partial charge in [-0.05, 0) is 56.4 Å². The highest BCUT2D eigenvalue weighted by Crippen LogP contribution is 2.35. The lowest BCUT2D eigenvalue weighted by molar-refractivity contribution is 0.183. The highest BCUT2D eigenvalue weighted by Gasteiger charge is 2.27. The van der Waals surface area contributed by atoms with Gasteiger partial charge in [0.1, 0.15) is 0 Å². The number of hydrogen-bond acceptors (Lipinski definition) is 1. The van der Waals surface area contributed by atoms with Gasteiger partial charge in [-0.15, -0.1) is 0 Å². The van der Waals surface area contributed by atoms with Crippen molar-refractivity contribution in [3.05, 3.63) is 0 Å². The molecule has 0 amide bonds. The second-order valence-corrected chi connectivity index (χ2v) is 7.29. The van der Waals surface area contributed by atoms with Crippen molar-refractivity contribution in [2.45, 2.75) is 97.9 Å². The molecule has 120 valence electrons. The molecule has 0 saturated heterocycles. The summed E-state index contributed by atoms with van der Waals surface area (Å²) in [7, 11) is 0. The molecule has 1 aliphatic carbocycles. The third kappa shape index (κ3) is 6.61. The topological polar surface area (TPSA) is 12.0 Å². The third-order valence-corrected chi connectivity index (χ3v) is 5.41. The Bertz CT molecular complexity index is 216. The summed E-state index contributed by atoms with van der Waals surface area (Å²) in [5.41, 5.74) is 0. The molecule has 0 aromatic heterocycles. The molecule has 20 heavy (non-hydrogen) atoms. The van der Waals surface area contributed by atoms with Crippen molar-refractivity contribution in [3.8, 4) is 0 Å². The molecule has 0 bridgehead atoms. The van der Waals surface area contributed by atoms with E-state index in [1.54, 1.807) is 0 Å². The first kappa shape index (κ1) is 18.0. The second-order valence-electron chi connectivity index (χ2n) is 7.29. The van der Waals surface area contributed by atoms with Crippen LogP contribution in [0.5, 0.6) is 0 Å². The minimum atomic E-state index is 0.801. The molecular weight excluding hydrogens is 242 g/mol. The Morgan fingerprint density at radius 1 is 0.850 bits per heavy atom. The zero-order valence-corrected chi connectivity index (χ0v) is 14.6. The Morgan fingerprint density at radius 2 is 1.45 bits per heavy atom. The van der Waals surface area contributed by atoms with Gasteiger partial charge in [0.05, 0.1) is 0 Å². The van der Waals surface area contributed by atoms with Crippen LogP contribution in [0, 0.1) is 17.8 Å². The fraction of sp³-hybridized carbons (Fsp3) is 1.00. The molecule has 0 radical (unpaired) electrons. The lowest BCUT2D eigenvalue weighted by Gasteiger charge is -2.36. The molecule has 1 unspecified atom stereocenters. The summed E-state index contributed by atoms with van der Waals surface area (Å²) in [6, 6.07) is 0.801. The van der Waals surface area contributed by atoms with Gasteiger partial charge in [-0.1, -0.05) is 59.8 Å². The number of unbranched alkanes of at least 4 members (excludes halogenated alkanes) is 4. The lowest BCUT2D eigenvalue weighted by Crippen LogP contribution is -2.38.